The van der Waals surface area contributed by atoms with Gasteiger partial charge in [-0.2, -0.15) is 0 Å². The van der Waals surface area contributed by atoms with Crippen LogP contribution in [0.25, 0.3) is 16.5 Å². The fraction of sp³-hybridized carbons (Fsp3) is 0.387. The van der Waals surface area contributed by atoms with Crippen LogP contribution in [-0.4, -0.2) is 44.5 Å². The fourth-order valence-electron chi connectivity index (χ4n) is 5.15. The molecule has 1 aromatic heterocycles. The highest BCUT2D eigenvalue weighted by Crippen LogP contribution is 2.51. The number of allylic oxidation sites excluding steroid dienone is 1. The largest absolute Gasteiger partial charge is 0.501 e. The molecule has 5 rings (SSSR count). The summed E-state index contributed by atoms with van der Waals surface area (Å²) >= 11 is 1.70. The molecule has 37 heavy (non-hydrogen) atoms. The molecule has 0 radical (unpaired) electrons. The highest BCUT2D eigenvalue weighted by molar-refractivity contribution is 7.17. The number of nitrogens with zero attached hydrogens (tertiary/aromatic N) is 1. The summed E-state index contributed by atoms with van der Waals surface area (Å²) in [5.74, 6) is 3.77. The van der Waals surface area contributed by atoms with Crippen LogP contribution in [0.2, 0.25) is 0 Å². The molecular formula is C31H35NO4S. The van der Waals surface area contributed by atoms with Gasteiger partial charge in [0.1, 0.15) is 30.1 Å². The molecule has 3 aromatic rings. The summed E-state index contributed by atoms with van der Waals surface area (Å²) in [5.41, 5.74) is 2.90. The normalized spacial score (nSPS) is 17.9. The Bertz CT molecular complexity index is 1220. The van der Waals surface area contributed by atoms with Gasteiger partial charge >= 0.3 is 0 Å². The Kier molecular flexibility index (Phi) is 8.27. The smallest absolute Gasteiger partial charge is 0.150 e. The number of aldehydes is 1. The van der Waals surface area contributed by atoms with Gasteiger partial charge in [-0.3, -0.25) is 9.69 Å². The minimum absolute atomic E-state index is 0.269. The number of hydrogen-bond acceptors (Lipinski definition) is 6. The van der Waals surface area contributed by atoms with E-state index in [2.05, 4.69) is 17.9 Å². The van der Waals surface area contributed by atoms with E-state index in [0.29, 0.717) is 12.2 Å². The molecule has 1 aliphatic carbocycles. The highest BCUT2D eigenvalue weighted by Gasteiger charge is 2.29. The third-order valence-corrected chi connectivity index (χ3v) is 8.39. The predicted octanol–water partition coefficient (Wildman–Crippen LogP) is 7.77. The van der Waals surface area contributed by atoms with Crippen molar-refractivity contribution in [1.29, 1.82) is 0 Å². The predicted molar refractivity (Wildman–Crippen MR) is 150 cm³/mol. The molecule has 5 nitrogen and oxygen atoms in total. The van der Waals surface area contributed by atoms with Crippen molar-refractivity contribution < 1.29 is 19.0 Å². The Morgan fingerprint density at radius 2 is 1.68 bits per heavy atom. The van der Waals surface area contributed by atoms with Crippen LogP contribution in [0.1, 0.15) is 65.7 Å². The van der Waals surface area contributed by atoms with Crippen LogP contribution in [0.3, 0.4) is 0 Å². The van der Waals surface area contributed by atoms with Crippen LogP contribution in [0.4, 0.5) is 0 Å². The Labute approximate surface area is 223 Å². The van der Waals surface area contributed by atoms with Gasteiger partial charge in [0.05, 0.1) is 17.7 Å². The van der Waals surface area contributed by atoms with E-state index in [-0.39, 0.29) is 5.92 Å². The number of benzene rings is 2. The minimum Gasteiger partial charge on any atom is -0.501 e. The molecule has 1 fully saturated rings. The minimum atomic E-state index is 0.269. The van der Waals surface area contributed by atoms with Crippen molar-refractivity contribution in [2.24, 2.45) is 0 Å². The maximum absolute atomic E-state index is 11.2. The van der Waals surface area contributed by atoms with Crippen molar-refractivity contribution in [2.45, 2.75) is 44.9 Å². The number of carbonyl (C=O) groups excluding carboxylic acids is 1. The second kappa shape index (κ2) is 12.0. The van der Waals surface area contributed by atoms with Crippen LogP contribution in [0, 0.1) is 0 Å². The first kappa shape index (κ1) is 25.6. The summed E-state index contributed by atoms with van der Waals surface area (Å²) in [4.78, 5) is 15.9. The second-order valence-electron chi connectivity index (χ2n) is 9.88. The summed E-state index contributed by atoms with van der Waals surface area (Å²) in [6.45, 7) is 6.25. The molecule has 1 aliphatic heterocycles. The van der Waals surface area contributed by atoms with Gasteiger partial charge in [-0.25, -0.2) is 0 Å². The third-order valence-electron chi connectivity index (χ3n) is 7.21. The third kappa shape index (κ3) is 6.08. The first-order chi connectivity index (χ1) is 18.1. The monoisotopic (exact) mass is 517 g/mol. The van der Waals surface area contributed by atoms with Crippen molar-refractivity contribution >= 4 is 23.7 Å². The van der Waals surface area contributed by atoms with Crippen molar-refractivity contribution in [3.63, 3.8) is 0 Å². The lowest BCUT2D eigenvalue weighted by atomic mass is 9.91. The number of thiophene rings is 1. The summed E-state index contributed by atoms with van der Waals surface area (Å²) in [6, 6.07) is 15.6. The van der Waals surface area contributed by atoms with Crippen LogP contribution in [-0.2, 0) is 4.74 Å². The average molecular weight is 518 g/mol. The highest BCUT2D eigenvalue weighted by atomic mass is 32.1. The van der Waals surface area contributed by atoms with Gasteiger partial charge in [-0.1, -0.05) is 44.0 Å². The number of hydrogen-bond donors (Lipinski definition) is 0. The molecule has 2 aromatic carbocycles. The van der Waals surface area contributed by atoms with Gasteiger partial charge < -0.3 is 14.2 Å². The van der Waals surface area contributed by atoms with E-state index in [1.54, 1.807) is 18.4 Å². The molecule has 194 valence electrons. The zero-order valence-electron chi connectivity index (χ0n) is 21.7. The first-order valence-electron chi connectivity index (χ1n) is 13.2. The Morgan fingerprint density at radius 3 is 2.35 bits per heavy atom. The maximum Gasteiger partial charge on any atom is 0.150 e. The van der Waals surface area contributed by atoms with Gasteiger partial charge in [0, 0.05) is 29.0 Å². The quantitative estimate of drug-likeness (QED) is 0.271. The van der Waals surface area contributed by atoms with E-state index >= 15 is 0 Å². The molecule has 0 N–H and O–H groups in total. The van der Waals surface area contributed by atoms with E-state index in [9.17, 15) is 4.79 Å². The van der Waals surface area contributed by atoms with Crippen LogP contribution in [0.5, 0.6) is 17.2 Å². The van der Waals surface area contributed by atoms with E-state index in [1.807, 2.05) is 48.5 Å². The number of fused-ring (bicyclic) bond motifs is 1. The molecule has 1 saturated heterocycles. The summed E-state index contributed by atoms with van der Waals surface area (Å²) in [5, 5.41) is 0. The van der Waals surface area contributed by atoms with Gasteiger partial charge in [-0.15, -0.1) is 11.3 Å². The summed E-state index contributed by atoms with van der Waals surface area (Å²) in [6.07, 6.45) is 9.11. The number of ether oxygens (including phenoxy) is 3. The van der Waals surface area contributed by atoms with Crippen LogP contribution >= 0.6 is 11.3 Å². The SMILES string of the molecule is COC1=Cc2sc(-c3ccc(C=O)cc3)c(Oc3ccc(OCCN4CCCCCC4)cc3)c2C(C)C1. The Balaban J connectivity index is 1.34. The zero-order valence-corrected chi connectivity index (χ0v) is 22.5. The zero-order chi connectivity index (χ0) is 25.6. The molecule has 6 heteroatoms. The van der Waals surface area contributed by atoms with Gasteiger partial charge in [-0.05, 0) is 67.8 Å². The molecular weight excluding hydrogens is 482 g/mol. The number of carbonyl (C=O) groups is 1. The lowest BCUT2D eigenvalue weighted by Crippen LogP contribution is -2.29. The molecule has 1 atom stereocenters. The Hall–Kier alpha value is -3.09. The van der Waals surface area contributed by atoms with E-state index in [4.69, 9.17) is 14.2 Å². The van der Waals surface area contributed by atoms with E-state index < -0.39 is 0 Å². The molecule has 0 amide bonds. The molecule has 2 heterocycles. The van der Waals surface area contributed by atoms with Gasteiger partial charge in [0.2, 0.25) is 0 Å². The molecule has 0 bridgehead atoms. The Morgan fingerprint density at radius 1 is 0.973 bits per heavy atom. The van der Waals surface area contributed by atoms with Crippen LogP contribution in [0.15, 0.2) is 54.3 Å². The lowest BCUT2D eigenvalue weighted by Gasteiger charge is -2.21. The van der Waals surface area contributed by atoms with E-state index in [1.165, 1.54) is 44.3 Å². The van der Waals surface area contributed by atoms with E-state index in [0.717, 1.165) is 57.6 Å². The standard InChI is InChI=1S/C31H35NO4S/c1-22-19-27(34-2)20-28-29(22)30(31(37-28)24-9-7-23(21-33)8-10-24)36-26-13-11-25(12-14-26)35-18-17-32-15-5-3-4-6-16-32/h7-14,20-22H,3-6,15-19H2,1-2H3. The van der Waals surface area contributed by atoms with Gasteiger partial charge in [0.25, 0.3) is 0 Å². The number of rotatable bonds is 9. The van der Waals surface area contributed by atoms with Crippen molar-refractivity contribution in [3.05, 3.63) is 70.3 Å². The number of methoxy groups -OCH3 is 1. The lowest BCUT2D eigenvalue weighted by molar-refractivity contribution is 0.112. The maximum atomic E-state index is 11.2. The molecule has 1 unspecified atom stereocenters. The van der Waals surface area contributed by atoms with Crippen molar-refractivity contribution in [2.75, 3.05) is 33.4 Å². The number of likely N-dealkylation sites (tertiary alicyclic amines) is 1. The van der Waals surface area contributed by atoms with Crippen molar-refractivity contribution in [1.82, 2.24) is 4.90 Å². The first-order valence-corrected chi connectivity index (χ1v) is 14.1. The second-order valence-corrected chi connectivity index (χ2v) is 10.9. The average Bonchev–Trinajstić information content (AvgIpc) is 3.09. The fourth-order valence-corrected chi connectivity index (χ4v) is 6.46. The van der Waals surface area contributed by atoms with Gasteiger partial charge in [0.15, 0.2) is 0 Å². The molecule has 0 spiro atoms. The van der Waals surface area contributed by atoms with Crippen LogP contribution < -0.4 is 9.47 Å². The van der Waals surface area contributed by atoms with Crippen molar-refractivity contribution in [3.8, 4) is 27.7 Å². The molecule has 2 aliphatic rings. The summed E-state index contributed by atoms with van der Waals surface area (Å²) in [7, 11) is 1.73. The summed E-state index contributed by atoms with van der Waals surface area (Å²) < 4.78 is 18.2. The molecule has 0 saturated carbocycles. The topological polar surface area (TPSA) is 48.0 Å².